The summed E-state index contributed by atoms with van der Waals surface area (Å²) in [5, 5.41) is 8.74. The lowest BCUT2D eigenvalue weighted by atomic mass is 10.1. The van der Waals surface area contributed by atoms with Gasteiger partial charge in [-0.05, 0) is 23.3 Å². The standard InChI is InChI=1S/C17H18O5/c1-20-14-4-3-5-15(17(14)21-2)22-11-13-8-6-12(7-9-13)10-16(18)19/h3-9H,10-11H2,1-2H3,(H,18,19). The van der Waals surface area contributed by atoms with Gasteiger partial charge in [0, 0.05) is 0 Å². The van der Waals surface area contributed by atoms with E-state index in [9.17, 15) is 4.79 Å². The molecule has 1 N–H and O–H groups in total. The summed E-state index contributed by atoms with van der Waals surface area (Å²) in [6.07, 6.45) is 0.0187. The van der Waals surface area contributed by atoms with Crippen molar-refractivity contribution in [1.29, 1.82) is 0 Å². The lowest BCUT2D eigenvalue weighted by Crippen LogP contribution is -2.01. The van der Waals surface area contributed by atoms with Gasteiger partial charge in [-0.1, -0.05) is 30.3 Å². The van der Waals surface area contributed by atoms with Gasteiger partial charge in [-0.3, -0.25) is 4.79 Å². The third-order valence-corrected chi connectivity index (χ3v) is 3.14. The number of rotatable bonds is 7. The number of carboxylic acids is 1. The minimum atomic E-state index is -0.842. The Kier molecular flexibility index (Phi) is 5.25. The van der Waals surface area contributed by atoms with Crippen molar-refractivity contribution in [2.75, 3.05) is 14.2 Å². The van der Waals surface area contributed by atoms with Gasteiger partial charge in [0.1, 0.15) is 6.61 Å². The minimum Gasteiger partial charge on any atom is -0.493 e. The Morgan fingerprint density at radius 1 is 0.955 bits per heavy atom. The second-order valence-electron chi connectivity index (χ2n) is 4.67. The first-order chi connectivity index (χ1) is 10.6. The predicted octanol–water partition coefficient (Wildman–Crippen LogP) is 2.91. The van der Waals surface area contributed by atoms with Gasteiger partial charge in [-0.25, -0.2) is 0 Å². The molecule has 0 atom stereocenters. The van der Waals surface area contributed by atoms with Crippen molar-refractivity contribution >= 4 is 5.97 Å². The molecule has 0 unspecified atom stereocenters. The lowest BCUT2D eigenvalue weighted by molar-refractivity contribution is -0.136. The smallest absolute Gasteiger partial charge is 0.307 e. The van der Waals surface area contributed by atoms with Gasteiger partial charge < -0.3 is 19.3 Å². The van der Waals surface area contributed by atoms with Crippen molar-refractivity contribution < 1.29 is 24.1 Å². The molecule has 0 radical (unpaired) electrons. The summed E-state index contributed by atoms with van der Waals surface area (Å²) < 4.78 is 16.3. The average Bonchev–Trinajstić information content (AvgIpc) is 2.53. The van der Waals surface area contributed by atoms with E-state index in [4.69, 9.17) is 19.3 Å². The molecule has 5 heteroatoms. The van der Waals surface area contributed by atoms with Gasteiger partial charge >= 0.3 is 5.97 Å². The molecule has 0 aromatic heterocycles. The van der Waals surface area contributed by atoms with Crippen LogP contribution in [0.4, 0.5) is 0 Å². The zero-order chi connectivity index (χ0) is 15.9. The Hall–Kier alpha value is -2.69. The van der Waals surface area contributed by atoms with Gasteiger partial charge in [-0.15, -0.1) is 0 Å². The topological polar surface area (TPSA) is 65.0 Å². The van der Waals surface area contributed by atoms with Gasteiger partial charge in [0.05, 0.1) is 20.6 Å². The fraction of sp³-hybridized carbons (Fsp3) is 0.235. The molecule has 0 saturated heterocycles. The van der Waals surface area contributed by atoms with Crippen LogP contribution in [-0.4, -0.2) is 25.3 Å². The summed E-state index contributed by atoms with van der Waals surface area (Å²) in [6.45, 7) is 0.358. The SMILES string of the molecule is COc1cccc(OCc2ccc(CC(=O)O)cc2)c1OC. The summed E-state index contributed by atoms with van der Waals surface area (Å²) >= 11 is 0. The number of carbonyl (C=O) groups is 1. The summed E-state index contributed by atoms with van der Waals surface area (Å²) in [5.74, 6) is 0.908. The number of ether oxygens (including phenoxy) is 3. The number of hydrogen-bond donors (Lipinski definition) is 1. The number of para-hydroxylation sites is 1. The van der Waals surface area contributed by atoms with Crippen LogP contribution in [-0.2, 0) is 17.8 Å². The van der Waals surface area contributed by atoms with Gasteiger partial charge in [-0.2, -0.15) is 0 Å². The van der Waals surface area contributed by atoms with Crippen molar-refractivity contribution in [3.05, 3.63) is 53.6 Å². The highest BCUT2D eigenvalue weighted by atomic mass is 16.5. The highest BCUT2D eigenvalue weighted by Gasteiger charge is 2.10. The van der Waals surface area contributed by atoms with Crippen LogP contribution in [0.5, 0.6) is 17.2 Å². The first-order valence-electron chi connectivity index (χ1n) is 6.77. The van der Waals surface area contributed by atoms with Crippen LogP contribution in [0.3, 0.4) is 0 Å². The zero-order valence-corrected chi connectivity index (χ0v) is 12.5. The van der Waals surface area contributed by atoms with E-state index in [0.717, 1.165) is 11.1 Å². The van der Waals surface area contributed by atoms with Crippen LogP contribution >= 0.6 is 0 Å². The molecule has 2 aromatic rings. The van der Waals surface area contributed by atoms with E-state index in [1.807, 2.05) is 18.2 Å². The molecule has 0 heterocycles. The van der Waals surface area contributed by atoms with Crippen LogP contribution in [0.1, 0.15) is 11.1 Å². The van der Waals surface area contributed by atoms with Crippen molar-refractivity contribution in [3.8, 4) is 17.2 Å². The van der Waals surface area contributed by atoms with E-state index in [1.54, 1.807) is 38.5 Å². The molecule has 22 heavy (non-hydrogen) atoms. The fourth-order valence-electron chi connectivity index (χ4n) is 2.06. The molecule has 116 valence electrons. The van der Waals surface area contributed by atoms with E-state index < -0.39 is 5.97 Å². The number of hydrogen-bond acceptors (Lipinski definition) is 4. The normalized spacial score (nSPS) is 10.1. The van der Waals surface area contributed by atoms with Crippen molar-refractivity contribution in [1.82, 2.24) is 0 Å². The van der Waals surface area contributed by atoms with E-state index in [-0.39, 0.29) is 6.42 Å². The first kappa shape index (κ1) is 15.7. The Bertz CT molecular complexity index is 634. The molecule has 0 spiro atoms. The number of methoxy groups -OCH3 is 2. The molecular weight excluding hydrogens is 284 g/mol. The molecule has 0 saturated carbocycles. The summed E-state index contributed by atoms with van der Waals surface area (Å²) in [4.78, 5) is 10.6. The highest BCUT2D eigenvalue weighted by molar-refractivity contribution is 5.70. The largest absolute Gasteiger partial charge is 0.493 e. The monoisotopic (exact) mass is 302 g/mol. The maximum Gasteiger partial charge on any atom is 0.307 e. The van der Waals surface area contributed by atoms with Crippen LogP contribution in [0, 0.1) is 0 Å². The molecule has 0 fully saturated rings. The Morgan fingerprint density at radius 2 is 1.59 bits per heavy atom. The van der Waals surface area contributed by atoms with Crippen LogP contribution in [0.2, 0.25) is 0 Å². The second-order valence-corrected chi connectivity index (χ2v) is 4.67. The van der Waals surface area contributed by atoms with Gasteiger partial charge in [0.25, 0.3) is 0 Å². The van der Waals surface area contributed by atoms with Crippen LogP contribution in [0.15, 0.2) is 42.5 Å². The second kappa shape index (κ2) is 7.36. The maximum absolute atomic E-state index is 10.6. The fourth-order valence-corrected chi connectivity index (χ4v) is 2.06. The number of aliphatic carboxylic acids is 1. The predicted molar refractivity (Wildman–Crippen MR) is 81.7 cm³/mol. The lowest BCUT2D eigenvalue weighted by Gasteiger charge is -2.13. The third-order valence-electron chi connectivity index (χ3n) is 3.14. The Balaban J connectivity index is 2.05. The highest BCUT2D eigenvalue weighted by Crippen LogP contribution is 2.36. The minimum absolute atomic E-state index is 0.0187. The molecule has 0 aliphatic carbocycles. The quantitative estimate of drug-likeness (QED) is 0.852. The van der Waals surface area contributed by atoms with E-state index in [1.165, 1.54) is 0 Å². The molecule has 0 amide bonds. The average molecular weight is 302 g/mol. The number of benzene rings is 2. The molecular formula is C17H18O5. The molecule has 0 bridgehead atoms. The van der Waals surface area contributed by atoms with Crippen LogP contribution < -0.4 is 14.2 Å². The van der Waals surface area contributed by atoms with Crippen molar-refractivity contribution in [2.24, 2.45) is 0 Å². The maximum atomic E-state index is 10.6. The molecule has 5 nitrogen and oxygen atoms in total. The third kappa shape index (κ3) is 3.91. The summed E-state index contributed by atoms with van der Waals surface area (Å²) in [6, 6.07) is 12.7. The van der Waals surface area contributed by atoms with Crippen molar-refractivity contribution in [3.63, 3.8) is 0 Å². The molecule has 0 aliphatic heterocycles. The van der Waals surface area contributed by atoms with Crippen LogP contribution in [0.25, 0.3) is 0 Å². The van der Waals surface area contributed by atoms with Crippen molar-refractivity contribution in [2.45, 2.75) is 13.0 Å². The summed E-state index contributed by atoms with van der Waals surface area (Å²) in [5.41, 5.74) is 1.70. The first-order valence-corrected chi connectivity index (χ1v) is 6.77. The molecule has 0 aliphatic rings. The zero-order valence-electron chi connectivity index (χ0n) is 12.5. The summed E-state index contributed by atoms with van der Waals surface area (Å²) in [7, 11) is 3.13. The van der Waals surface area contributed by atoms with Gasteiger partial charge in [0.15, 0.2) is 11.5 Å². The Labute approximate surface area is 129 Å². The molecule has 2 aromatic carbocycles. The van der Waals surface area contributed by atoms with E-state index in [2.05, 4.69) is 0 Å². The Morgan fingerprint density at radius 3 is 2.18 bits per heavy atom. The van der Waals surface area contributed by atoms with Gasteiger partial charge in [0.2, 0.25) is 5.75 Å². The van der Waals surface area contributed by atoms with E-state index >= 15 is 0 Å². The van der Waals surface area contributed by atoms with E-state index in [0.29, 0.717) is 23.9 Å². The number of carboxylic acid groups (broad SMARTS) is 1. The molecule has 2 rings (SSSR count).